The molecule has 0 heterocycles. The number of ether oxygens (including phenoxy) is 1. The molecule has 0 amide bonds. The van der Waals surface area contributed by atoms with E-state index in [4.69, 9.17) is 4.74 Å². The minimum Gasteiger partial charge on any atom is -0.491 e. The number of aliphatic hydroxyl groups is 1. The van der Waals surface area contributed by atoms with Gasteiger partial charge in [-0.2, -0.15) is 0 Å². The number of benzene rings is 1. The quantitative estimate of drug-likeness (QED) is 0.843. The smallest absolute Gasteiger partial charge is 0.121 e. The fourth-order valence-electron chi connectivity index (χ4n) is 3.98. The standard InChI is InChI=1S/C19H31NO2/c1-14(2)22-17-8-6-7-15(9-17)20-13-19(5)11-16(21)10-18(3,4)12-19/h6-9,14,16,20-21H,10-13H2,1-5H3. The van der Waals surface area contributed by atoms with E-state index in [1.54, 1.807) is 0 Å². The van der Waals surface area contributed by atoms with E-state index in [2.05, 4.69) is 32.2 Å². The van der Waals surface area contributed by atoms with Gasteiger partial charge in [0.1, 0.15) is 5.75 Å². The van der Waals surface area contributed by atoms with Gasteiger partial charge < -0.3 is 15.2 Å². The third kappa shape index (κ3) is 4.91. The van der Waals surface area contributed by atoms with Crippen molar-refractivity contribution in [3.63, 3.8) is 0 Å². The molecule has 0 radical (unpaired) electrons. The number of anilines is 1. The molecule has 0 saturated heterocycles. The highest BCUT2D eigenvalue weighted by Gasteiger charge is 2.40. The lowest BCUT2D eigenvalue weighted by Gasteiger charge is -2.45. The molecule has 1 fully saturated rings. The minimum absolute atomic E-state index is 0.121. The van der Waals surface area contributed by atoms with Gasteiger partial charge in [0.25, 0.3) is 0 Å². The van der Waals surface area contributed by atoms with Crippen LogP contribution in [-0.2, 0) is 0 Å². The molecule has 0 aromatic heterocycles. The first-order chi connectivity index (χ1) is 10.2. The monoisotopic (exact) mass is 305 g/mol. The van der Waals surface area contributed by atoms with Crippen molar-refractivity contribution in [2.75, 3.05) is 11.9 Å². The molecule has 3 nitrogen and oxygen atoms in total. The van der Waals surface area contributed by atoms with Crippen molar-refractivity contribution in [1.82, 2.24) is 0 Å². The molecule has 1 aliphatic rings. The molecular weight excluding hydrogens is 274 g/mol. The van der Waals surface area contributed by atoms with Crippen LogP contribution in [0.25, 0.3) is 0 Å². The summed E-state index contributed by atoms with van der Waals surface area (Å²) in [6.07, 6.45) is 2.89. The molecule has 2 N–H and O–H groups in total. The maximum absolute atomic E-state index is 10.2. The molecule has 2 rings (SSSR count). The summed E-state index contributed by atoms with van der Waals surface area (Å²) < 4.78 is 5.74. The highest BCUT2D eigenvalue weighted by atomic mass is 16.5. The molecule has 1 aliphatic carbocycles. The topological polar surface area (TPSA) is 41.5 Å². The van der Waals surface area contributed by atoms with E-state index in [1.165, 1.54) is 0 Å². The Labute approximate surface area is 135 Å². The summed E-state index contributed by atoms with van der Waals surface area (Å²) in [7, 11) is 0. The molecule has 0 bridgehead atoms. The van der Waals surface area contributed by atoms with Crippen LogP contribution < -0.4 is 10.1 Å². The zero-order valence-corrected chi connectivity index (χ0v) is 14.6. The Morgan fingerprint density at radius 3 is 2.64 bits per heavy atom. The fraction of sp³-hybridized carbons (Fsp3) is 0.684. The number of hydrogen-bond acceptors (Lipinski definition) is 3. The van der Waals surface area contributed by atoms with Gasteiger partial charge in [-0.3, -0.25) is 0 Å². The molecule has 2 atom stereocenters. The van der Waals surface area contributed by atoms with Crippen LogP contribution >= 0.6 is 0 Å². The second-order valence-corrected chi connectivity index (χ2v) is 8.26. The third-order valence-corrected chi connectivity index (χ3v) is 4.35. The number of nitrogens with one attached hydrogen (secondary N) is 1. The van der Waals surface area contributed by atoms with E-state index in [0.29, 0.717) is 0 Å². The summed E-state index contributed by atoms with van der Waals surface area (Å²) in [5.41, 5.74) is 1.41. The molecule has 22 heavy (non-hydrogen) atoms. The lowest BCUT2D eigenvalue weighted by atomic mass is 9.63. The second-order valence-electron chi connectivity index (χ2n) is 8.26. The van der Waals surface area contributed by atoms with Gasteiger partial charge in [0.15, 0.2) is 0 Å². The van der Waals surface area contributed by atoms with E-state index in [0.717, 1.165) is 37.2 Å². The van der Waals surface area contributed by atoms with Crippen molar-refractivity contribution >= 4 is 5.69 Å². The second kappa shape index (κ2) is 6.49. The van der Waals surface area contributed by atoms with Gasteiger partial charge in [-0.1, -0.05) is 26.8 Å². The van der Waals surface area contributed by atoms with Crippen LogP contribution in [0.1, 0.15) is 53.9 Å². The minimum atomic E-state index is -0.189. The van der Waals surface area contributed by atoms with Crippen LogP contribution in [0, 0.1) is 10.8 Å². The fourth-order valence-corrected chi connectivity index (χ4v) is 3.98. The van der Waals surface area contributed by atoms with Crippen LogP contribution in [-0.4, -0.2) is 23.9 Å². The van der Waals surface area contributed by atoms with Crippen molar-refractivity contribution in [2.24, 2.45) is 10.8 Å². The number of hydrogen-bond donors (Lipinski definition) is 2. The predicted molar refractivity (Wildman–Crippen MR) is 92.4 cm³/mol. The molecule has 124 valence electrons. The van der Waals surface area contributed by atoms with Crippen molar-refractivity contribution in [3.05, 3.63) is 24.3 Å². The maximum Gasteiger partial charge on any atom is 0.121 e. The molecule has 3 heteroatoms. The number of rotatable bonds is 5. The van der Waals surface area contributed by atoms with Crippen LogP contribution in [0.2, 0.25) is 0 Å². The zero-order chi connectivity index (χ0) is 16.4. The van der Waals surface area contributed by atoms with Gasteiger partial charge >= 0.3 is 0 Å². The van der Waals surface area contributed by atoms with Gasteiger partial charge in [0.2, 0.25) is 0 Å². The summed E-state index contributed by atoms with van der Waals surface area (Å²) in [5, 5.41) is 13.7. The first-order valence-electron chi connectivity index (χ1n) is 8.36. The molecule has 1 aromatic rings. The van der Waals surface area contributed by atoms with E-state index in [-0.39, 0.29) is 23.0 Å². The normalized spacial score (nSPS) is 27.7. The predicted octanol–water partition coefficient (Wildman–Crippen LogP) is 4.46. The van der Waals surface area contributed by atoms with Crippen molar-refractivity contribution < 1.29 is 9.84 Å². The highest BCUT2D eigenvalue weighted by molar-refractivity contribution is 5.48. The summed E-state index contributed by atoms with van der Waals surface area (Å²) in [6.45, 7) is 11.7. The Bertz CT molecular complexity index is 498. The SMILES string of the molecule is CC(C)Oc1cccc(NCC2(C)CC(O)CC(C)(C)C2)c1. The molecule has 2 unspecified atom stereocenters. The lowest BCUT2D eigenvalue weighted by molar-refractivity contribution is -0.00317. The summed E-state index contributed by atoms with van der Waals surface area (Å²) in [5.74, 6) is 0.897. The van der Waals surface area contributed by atoms with Crippen molar-refractivity contribution in [1.29, 1.82) is 0 Å². The van der Waals surface area contributed by atoms with Gasteiger partial charge in [0, 0.05) is 18.3 Å². The summed E-state index contributed by atoms with van der Waals surface area (Å²) >= 11 is 0. The van der Waals surface area contributed by atoms with Crippen molar-refractivity contribution in [2.45, 2.75) is 66.1 Å². The molecule has 0 spiro atoms. The van der Waals surface area contributed by atoms with Crippen molar-refractivity contribution in [3.8, 4) is 5.75 Å². The third-order valence-electron chi connectivity index (χ3n) is 4.35. The van der Waals surface area contributed by atoms with Gasteiger partial charge in [-0.25, -0.2) is 0 Å². The van der Waals surface area contributed by atoms with Gasteiger partial charge in [0.05, 0.1) is 12.2 Å². The molecule has 1 aromatic carbocycles. The average Bonchev–Trinajstić information content (AvgIpc) is 2.33. The maximum atomic E-state index is 10.2. The van der Waals surface area contributed by atoms with Crippen LogP contribution in [0.3, 0.4) is 0 Å². The molecular formula is C19H31NO2. The first-order valence-corrected chi connectivity index (χ1v) is 8.36. The van der Waals surface area contributed by atoms with Gasteiger partial charge in [-0.05, 0) is 56.1 Å². The highest BCUT2D eigenvalue weighted by Crippen LogP contribution is 2.46. The first kappa shape index (κ1) is 17.1. The summed E-state index contributed by atoms with van der Waals surface area (Å²) in [4.78, 5) is 0. The molecule has 0 aliphatic heterocycles. The Kier molecular flexibility index (Phi) is 5.06. The van der Waals surface area contributed by atoms with E-state index >= 15 is 0 Å². The van der Waals surface area contributed by atoms with E-state index in [1.807, 2.05) is 32.0 Å². The van der Waals surface area contributed by atoms with Crippen LogP contribution in [0.5, 0.6) is 5.75 Å². The Morgan fingerprint density at radius 1 is 1.27 bits per heavy atom. The van der Waals surface area contributed by atoms with Crippen LogP contribution in [0.15, 0.2) is 24.3 Å². The Balaban J connectivity index is 2.00. The summed E-state index contributed by atoms with van der Waals surface area (Å²) in [6, 6.07) is 8.12. The van der Waals surface area contributed by atoms with Gasteiger partial charge in [-0.15, -0.1) is 0 Å². The lowest BCUT2D eigenvalue weighted by Crippen LogP contribution is -2.42. The van der Waals surface area contributed by atoms with E-state index in [9.17, 15) is 5.11 Å². The molecule has 1 saturated carbocycles. The largest absolute Gasteiger partial charge is 0.491 e. The Hall–Kier alpha value is -1.22. The van der Waals surface area contributed by atoms with E-state index < -0.39 is 0 Å². The number of aliphatic hydroxyl groups excluding tert-OH is 1. The Morgan fingerprint density at radius 2 is 2.00 bits per heavy atom. The average molecular weight is 305 g/mol. The van der Waals surface area contributed by atoms with Crippen LogP contribution in [0.4, 0.5) is 5.69 Å². The zero-order valence-electron chi connectivity index (χ0n) is 14.6.